The summed E-state index contributed by atoms with van der Waals surface area (Å²) in [7, 11) is 3.26. The van der Waals surface area contributed by atoms with Gasteiger partial charge in [0.1, 0.15) is 11.6 Å². The number of aromatic nitrogens is 2. The Morgan fingerprint density at radius 1 is 1.28 bits per heavy atom. The lowest BCUT2D eigenvalue weighted by molar-refractivity contribution is 0.0957. The summed E-state index contributed by atoms with van der Waals surface area (Å²) in [6, 6.07) is 11.9. The number of ether oxygens (including phenoxy) is 1. The first-order valence-electron chi connectivity index (χ1n) is 8.41. The predicted octanol–water partition coefficient (Wildman–Crippen LogP) is 1.93. The Hall–Kier alpha value is -2.83. The van der Waals surface area contributed by atoms with Gasteiger partial charge < -0.3 is 20.3 Å². The lowest BCUT2D eigenvalue weighted by Crippen LogP contribution is -2.42. The maximum absolute atomic E-state index is 11.5. The number of anilines is 2. The van der Waals surface area contributed by atoms with Gasteiger partial charge in [0.15, 0.2) is 5.69 Å². The van der Waals surface area contributed by atoms with Gasteiger partial charge in [0.25, 0.3) is 5.91 Å². The van der Waals surface area contributed by atoms with Crippen molar-refractivity contribution in [3.05, 3.63) is 42.1 Å². The second-order valence-electron chi connectivity index (χ2n) is 6.01. The Balaban J connectivity index is 1.64. The van der Waals surface area contributed by atoms with Crippen LogP contribution in [0, 0.1) is 0 Å². The zero-order valence-electron chi connectivity index (χ0n) is 14.5. The fraction of sp³-hybridized carbons (Fsp3) is 0.389. The Labute approximate surface area is 147 Å². The molecule has 3 rings (SSSR count). The molecule has 1 unspecified atom stereocenters. The van der Waals surface area contributed by atoms with E-state index in [1.807, 2.05) is 12.1 Å². The smallest absolute Gasteiger partial charge is 0.271 e. The molecule has 1 aliphatic rings. The van der Waals surface area contributed by atoms with Crippen molar-refractivity contribution in [2.45, 2.75) is 18.9 Å². The zero-order chi connectivity index (χ0) is 17.6. The standard InChI is InChI=1S/C18H23N5O2/c1-19-18(24)16-8-9-17(22-21-16)20-13-5-4-10-23(12-13)14-6-3-7-15(11-14)25-2/h3,6-9,11,13H,4-5,10,12H2,1-2H3,(H,19,24)(H,20,22). The summed E-state index contributed by atoms with van der Waals surface area (Å²) in [5.74, 6) is 1.31. The van der Waals surface area contributed by atoms with E-state index in [9.17, 15) is 4.79 Å². The molecule has 7 heteroatoms. The molecule has 2 heterocycles. The lowest BCUT2D eigenvalue weighted by atomic mass is 10.0. The Bertz CT molecular complexity index is 720. The minimum Gasteiger partial charge on any atom is -0.497 e. The SMILES string of the molecule is CNC(=O)c1ccc(NC2CCCN(c3cccc(OC)c3)C2)nn1. The van der Waals surface area contributed by atoms with E-state index in [0.717, 1.165) is 37.4 Å². The van der Waals surface area contributed by atoms with Crippen LogP contribution in [0.25, 0.3) is 0 Å². The monoisotopic (exact) mass is 341 g/mol. The molecule has 2 N–H and O–H groups in total. The summed E-state index contributed by atoms with van der Waals surface area (Å²) < 4.78 is 5.31. The largest absolute Gasteiger partial charge is 0.497 e. The first-order valence-corrected chi connectivity index (χ1v) is 8.41. The highest BCUT2D eigenvalue weighted by atomic mass is 16.5. The van der Waals surface area contributed by atoms with Crippen molar-refractivity contribution in [3.8, 4) is 5.75 Å². The number of piperidine rings is 1. The van der Waals surface area contributed by atoms with Gasteiger partial charge in [0.05, 0.1) is 7.11 Å². The molecule has 1 aliphatic heterocycles. The average Bonchev–Trinajstić information content (AvgIpc) is 2.68. The number of nitrogens with one attached hydrogen (secondary N) is 2. The molecule has 0 saturated carbocycles. The Kier molecular flexibility index (Phi) is 5.33. The molecule has 0 spiro atoms. The van der Waals surface area contributed by atoms with Gasteiger partial charge in [-0.05, 0) is 37.1 Å². The molecule has 1 fully saturated rings. The molecule has 1 amide bonds. The molecule has 0 aliphatic carbocycles. The van der Waals surface area contributed by atoms with Gasteiger partial charge in [-0.15, -0.1) is 10.2 Å². The maximum Gasteiger partial charge on any atom is 0.271 e. The molecule has 1 saturated heterocycles. The minimum atomic E-state index is -0.235. The second kappa shape index (κ2) is 7.83. The predicted molar refractivity (Wildman–Crippen MR) is 97.3 cm³/mol. The average molecular weight is 341 g/mol. The highest BCUT2D eigenvalue weighted by Gasteiger charge is 2.21. The van der Waals surface area contributed by atoms with Crippen LogP contribution >= 0.6 is 0 Å². The highest BCUT2D eigenvalue weighted by molar-refractivity contribution is 5.91. The first kappa shape index (κ1) is 17.0. The van der Waals surface area contributed by atoms with Crippen LogP contribution in [-0.2, 0) is 0 Å². The van der Waals surface area contributed by atoms with Crippen LogP contribution in [0.2, 0.25) is 0 Å². The number of hydrogen-bond acceptors (Lipinski definition) is 6. The van der Waals surface area contributed by atoms with E-state index in [0.29, 0.717) is 11.5 Å². The number of carbonyl (C=O) groups excluding carboxylic acids is 1. The van der Waals surface area contributed by atoms with Gasteiger partial charge in [-0.1, -0.05) is 6.07 Å². The first-order chi connectivity index (χ1) is 12.2. The van der Waals surface area contributed by atoms with E-state index in [4.69, 9.17) is 4.74 Å². The summed E-state index contributed by atoms with van der Waals surface area (Å²) >= 11 is 0. The number of amides is 1. The third kappa shape index (κ3) is 4.17. The van der Waals surface area contributed by atoms with Crippen LogP contribution in [-0.4, -0.2) is 49.4 Å². The maximum atomic E-state index is 11.5. The van der Waals surface area contributed by atoms with Gasteiger partial charge >= 0.3 is 0 Å². The van der Waals surface area contributed by atoms with Crippen LogP contribution in [0.5, 0.6) is 5.75 Å². The van der Waals surface area contributed by atoms with Crippen LogP contribution < -0.4 is 20.3 Å². The number of nitrogens with zero attached hydrogens (tertiary/aromatic N) is 3. The summed E-state index contributed by atoms with van der Waals surface area (Å²) in [5.41, 5.74) is 1.47. The molecule has 1 atom stereocenters. The van der Waals surface area contributed by atoms with E-state index in [2.05, 4.69) is 37.9 Å². The van der Waals surface area contributed by atoms with Crippen molar-refractivity contribution in [3.63, 3.8) is 0 Å². The third-order valence-corrected chi connectivity index (χ3v) is 4.32. The summed E-state index contributed by atoms with van der Waals surface area (Å²) in [5, 5.41) is 14.0. The number of hydrogen-bond donors (Lipinski definition) is 2. The molecular weight excluding hydrogens is 318 g/mol. The van der Waals surface area contributed by atoms with Crippen LogP contribution in [0.1, 0.15) is 23.3 Å². The van der Waals surface area contributed by atoms with Crippen molar-refractivity contribution in [2.75, 3.05) is 37.5 Å². The Morgan fingerprint density at radius 3 is 2.88 bits per heavy atom. The topological polar surface area (TPSA) is 79.4 Å². The van der Waals surface area contributed by atoms with E-state index in [-0.39, 0.29) is 11.9 Å². The number of rotatable bonds is 5. The molecule has 7 nitrogen and oxygen atoms in total. The summed E-state index contributed by atoms with van der Waals surface area (Å²) in [6.07, 6.45) is 2.16. The number of carbonyl (C=O) groups is 1. The van der Waals surface area contributed by atoms with E-state index >= 15 is 0 Å². The molecule has 0 radical (unpaired) electrons. The Morgan fingerprint density at radius 2 is 2.16 bits per heavy atom. The lowest BCUT2D eigenvalue weighted by Gasteiger charge is -2.35. The molecule has 25 heavy (non-hydrogen) atoms. The fourth-order valence-electron chi connectivity index (χ4n) is 3.00. The van der Waals surface area contributed by atoms with Crippen LogP contribution in [0.15, 0.2) is 36.4 Å². The van der Waals surface area contributed by atoms with Crippen LogP contribution in [0.3, 0.4) is 0 Å². The van der Waals surface area contributed by atoms with Crippen molar-refractivity contribution < 1.29 is 9.53 Å². The van der Waals surface area contributed by atoms with Gasteiger partial charge in [0.2, 0.25) is 0 Å². The van der Waals surface area contributed by atoms with Gasteiger partial charge in [-0.25, -0.2) is 0 Å². The normalized spacial score (nSPS) is 17.0. The second-order valence-corrected chi connectivity index (χ2v) is 6.01. The molecule has 1 aromatic carbocycles. The van der Waals surface area contributed by atoms with Crippen molar-refractivity contribution in [1.82, 2.24) is 15.5 Å². The van der Waals surface area contributed by atoms with E-state index in [1.165, 1.54) is 0 Å². The van der Waals surface area contributed by atoms with Gasteiger partial charge in [-0.2, -0.15) is 0 Å². The van der Waals surface area contributed by atoms with Crippen molar-refractivity contribution in [2.24, 2.45) is 0 Å². The highest BCUT2D eigenvalue weighted by Crippen LogP contribution is 2.25. The van der Waals surface area contributed by atoms with Crippen molar-refractivity contribution >= 4 is 17.4 Å². The molecule has 1 aromatic heterocycles. The van der Waals surface area contributed by atoms with Crippen molar-refractivity contribution in [1.29, 1.82) is 0 Å². The van der Waals surface area contributed by atoms with E-state index < -0.39 is 0 Å². The summed E-state index contributed by atoms with van der Waals surface area (Å²) in [4.78, 5) is 13.9. The molecule has 0 bridgehead atoms. The van der Waals surface area contributed by atoms with Gasteiger partial charge in [-0.3, -0.25) is 4.79 Å². The quantitative estimate of drug-likeness (QED) is 0.865. The molecule has 2 aromatic rings. The van der Waals surface area contributed by atoms with E-state index in [1.54, 1.807) is 26.3 Å². The number of benzene rings is 1. The van der Waals surface area contributed by atoms with Crippen LogP contribution in [0.4, 0.5) is 11.5 Å². The third-order valence-electron chi connectivity index (χ3n) is 4.32. The summed E-state index contributed by atoms with van der Waals surface area (Å²) in [6.45, 7) is 1.90. The number of methoxy groups -OCH3 is 1. The molecule has 132 valence electrons. The fourth-order valence-corrected chi connectivity index (χ4v) is 3.00. The molecular formula is C18H23N5O2. The zero-order valence-corrected chi connectivity index (χ0v) is 14.5. The van der Waals surface area contributed by atoms with Gasteiger partial charge in [0, 0.05) is 37.9 Å². The minimum absolute atomic E-state index is 0.235.